The van der Waals surface area contributed by atoms with Gasteiger partial charge in [-0.25, -0.2) is 4.79 Å². The number of carbonyl (C=O) groups excluding carboxylic acids is 1. The highest BCUT2D eigenvalue weighted by atomic mass is 16.3. The van der Waals surface area contributed by atoms with E-state index in [4.69, 9.17) is 0 Å². The van der Waals surface area contributed by atoms with Gasteiger partial charge < -0.3 is 5.11 Å². The summed E-state index contributed by atoms with van der Waals surface area (Å²) in [6, 6.07) is 8.25. The van der Waals surface area contributed by atoms with Gasteiger partial charge in [-0.2, -0.15) is 0 Å². The number of benzene rings is 1. The van der Waals surface area contributed by atoms with Gasteiger partial charge in [0.15, 0.2) is 11.7 Å². The molecule has 1 saturated carbocycles. The summed E-state index contributed by atoms with van der Waals surface area (Å²) >= 11 is 0. The summed E-state index contributed by atoms with van der Waals surface area (Å²) in [6.45, 7) is 2.29. The maximum atomic E-state index is 10.3. The topological polar surface area (TPSA) is 37.3 Å². The van der Waals surface area contributed by atoms with Crippen LogP contribution in [0.3, 0.4) is 0 Å². The van der Waals surface area contributed by atoms with E-state index in [9.17, 15) is 9.90 Å². The van der Waals surface area contributed by atoms with Crippen molar-refractivity contribution in [2.75, 3.05) is 0 Å². The van der Waals surface area contributed by atoms with Gasteiger partial charge in [0.1, 0.15) is 0 Å². The molecule has 0 spiro atoms. The Labute approximate surface area is 134 Å². The predicted octanol–water partition coefficient (Wildman–Crippen LogP) is 5.36. The van der Waals surface area contributed by atoms with Crippen molar-refractivity contribution in [2.45, 2.75) is 70.6 Å². The van der Waals surface area contributed by atoms with Gasteiger partial charge in [0.2, 0.25) is 0 Å². The second-order valence-electron chi connectivity index (χ2n) is 6.80. The van der Waals surface area contributed by atoms with Crippen LogP contribution in [0.4, 0.5) is 0 Å². The molecule has 0 saturated heterocycles. The van der Waals surface area contributed by atoms with Crippen molar-refractivity contribution in [2.24, 2.45) is 5.92 Å². The Hall–Kier alpha value is -1.53. The van der Waals surface area contributed by atoms with E-state index in [2.05, 4.69) is 19.1 Å². The smallest absolute Gasteiger partial charge is 0.181 e. The third-order valence-corrected chi connectivity index (χ3v) is 5.01. The van der Waals surface area contributed by atoms with Crippen LogP contribution in [0.5, 0.6) is 0 Å². The van der Waals surface area contributed by atoms with E-state index < -0.39 is 0 Å². The molecule has 1 aliphatic carbocycles. The summed E-state index contributed by atoms with van der Waals surface area (Å²) in [6.07, 6.45) is 11.4. The van der Waals surface area contributed by atoms with Crippen molar-refractivity contribution in [1.82, 2.24) is 0 Å². The Bertz CT molecular complexity index is 491. The Kier molecular flexibility index (Phi) is 6.74. The lowest BCUT2D eigenvalue weighted by molar-refractivity contribution is 0.327. The monoisotopic (exact) mass is 300 g/mol. The molecule has 1 aliphatic rings. The highest BCUT2D eigenvalue weighted by Crippen LogP contribution is 2.30. The average molecular weight is 300 g/mol. The van der Waals surface area contributed by atoms with Gasteiger partial charge in [0.25, 0.3) is 0 Å². The number of hydrogen-bond donors (Lipinski definition) is 1. The zero-order valence-electron chi connectivity index (χ0n) is 13.7. The number of rotatable bonds is 7. The lowest BCUT2D eigenvalue weighted by Gasteiger charge is -2.22. The maximum Gasteiger partial charge on any atom is 0.181 e. The minimum absolute atomic E-state index is 0.228. The Balaban J connectivity index is 1.76. The largest absolute Gasteiger partial charge is 0.502 e. The van der Waals surface area contributed by atoms with Crippen molar-refractivity contribution in [3.63, 3.8) is 0 Å². The first kappa shape index (κ1) is 16.8. The fourth-order valence-electron chi connectivity index (χ4n) is 3.55. The minimum Gasteiger partial charge on any atom is -0.502 e. The molecule has 0 radical (unpaired) electrons. The third-order valence-electron chi connectivity index (χ3n) is 5.01. The molecular weight excluding hydrogens is 272 g/mol. The lowest BCUT2D eigenvalue weighted by Crippen LogP contribution is -2.06. The van der Waals surface area contributed by atoms with Gasteiger partial charge in [0.05, 0.1) is 0 Å². The molecule has 0 heterocycles. The number of aliphatic hydroxyl groups is 1. The van der Waals surface area contributed by atoms with E-state index in [1.54, 1.807) is 0 Å². The first-order valence-electron chi connectivity index (χ1n) is 8.71. The van der Waals surface area contributed by atoms with E-state index in [-0.39, 0.29) is 12.2 Å². The van der Waals surface area contributed by atoms with Crippen LogP contribution >= 0.6 is 0 Å². The van der Waals surface area contributed by atoms with Gasteiger partial charge in [0, 0.05) is 6.42 Å². The predicted molar refractivity (Wildman–Crippen MR) is 90.8 cm³/mol. The molecule has 1 aromatic carbocycles. The molecule has 1 unspecified atom stereocenters. The Morgan fingerprint density at radius 3 is 2.55 bits per heavy atom. The SMILES string of the molecule is CC(CCCC1CCCCC1)c1ccc(CC(O)=C=O)cc1. The molecule has 2 nitrogen and oxygen atoms in total. The van der Waals surface area contributed by atoms with Crippen molar-refractivity contribution in [3.8, 4) is 0 Å². The number of allylic oxidation sites excluding steroid dienone is 1. The fourth-order valence-corrected chi connectivity index (χ4v) is 3.55. The molecule has 0 aromatic heterocycles. The van der Waals surface area contributed by atoms with Crippen molar-refractivity contribution in [3.05, 3.63) is 41.2 Å². The molecule has 0 aliphatic heterocycles. The zero-order valence-corrected chi connectivity index (χ0v) is 13.7. The molecule has 2 rings (SSSR count). The van der Waals surface area contributed by atoms with E-state index in [1.165, 1.54) is 62.9 Å². The van der Waals surface area contributed by atoms with Gasteiger partial charge in [-0.1, -0.05) is 76.1 Å². The van der Waals surface area contributed by atoms with Crippen molar-refractivity contribution >= 4 is 5.94 Å². The van der Waals surface area contributed by atoms with E-state index in [1.807, 2.05) is 12.1 Å². The molecule has 1 N–H and O–H groups in total. The fraction of sp³-hybridized carbons (Fsp3) is 0.600. The highest BCUT2D eigenvalue weighted by Gasteiger charge is 2.14. The average Bonchev–Trinajstić information content (AvgIpc) is 2.56. The number of aliphatic hydroxyl groups excluding tert-OH is 1. The van der Waals surface area contributed by atoms with Crippen LogP contribution in [0, 0.1) is 5.92 Å². The van der Waals surface area contributed by atoms with Gasteiger partial charge >= 0.3 is 0 Å². The van der Waals surface area contributed by atoms with E-state index >= 15 is 0 Å². The second kappa shape index (κ2) is 8.80. The molecule has 1 fully saturated rings. The van der Waals surface area contributed by atoms with Gasteiger partial charge in [-0.3, -0.25) is 0 Å². The molecule has 0 bridgehead atoms. The highest BCUT2D eigenvalue weighted by molar-refractivity contribution is 5.50. The van der Waals surface area contributed by atoms with Gasteiger partial charge in [-0.05, 0) is 29.4 Å². The van der Waals surface area contributed by atoms with Crippen LogP contribution in [0.25, 0.3) is 0 Å². The Morgan fingerprint density at radius 2 is 1.91 bits per heavy atom. The van der Waals surface area contributed by atoms with Gasteiger partial charge in [-0.15, -0.1) is 0 Å². The molecule has 2 heteroatoms. The molecule has 1 aromatic rings. The standard InChI is InChI=1S/C20H28O2/c1-16(6-5-9-17-7-3-2-4-8-17)19-12-10-18(11-13-19)14-20(22)15-21/h10-13,16-17,22H,2-9,14H2,1H3. The second-order valence-corrected chi connectivity index (χ2v) is 6.80. The summed E-state index contributed by atoms with van der Waals surface area (Å²) < 4.78 is 0. The molecule has 22 heavy (non-hydrogen) atoms. The summed E-state index contributed by atoms with van der Waals surface area (Å²) in [4.78, 5) is 10.3. The molecule has 120 valence electrons. The lowest BCUT2D eigenvalue weighted by atomic mass is 9.84. The number of hydrogen-bond acceptors (Lipinski definition) is 2. The Morgan fingerprint density at radius 1 is 1.23 bits per heavy atom. The first-order valence-corrected chi connectivity index (χ1v) is 8.71. The molecule has 1 atom stereocenters. The van der Waals surface area contributed by atoms with E-state index in [0.717, 1.165) is 11.5 Å². The van der Waals surface area contributed by atoms with Crippen LogP contribution in [0.1, 0.15) is 75.3 Å². The van der Waals surface area contributed by atoms with Crippen molar-refractivity contribution < 1.29 is 9.90 Å². The quantitative estimate of drug-likeness (QED) is 0.544. The maximum absolute atomic E-state index is 10.3. The van der Waals surface area contributed by atoms with Crippen LogP contribution in [0.2, 0.25) is 0 Å². The first-order chi connectivity index (χ1) is 10.7. The zero-order chi connectivity index (χ0) is 15.8. The normalized spacial score (nSPS) is 17.0. The summed E-state index contributed by atoms with van der Waals surface area (Å²) in [5.41, 5.74) is 2.31. The summed E-state index contributed by atoms with van der Waals surface area (Å²) in [5.74, 6) is 2.85. The molecular formula is C20H28O2. The van der Waals surface area contributed by atoms with Crippen LogP contribution in [-0.2, 0) is 11.2 Å². The van der Waals surface area contributed by atoms with E-state index in [0.29, 0.717) is 5.92 Å². The van der Waals surface area contributed by atoms with Crippen LogP contribution in [0.15, 0.2) is 30.0 Å². The van der Waals surface area contributed by atoms with Crippen molar-refractivity contribution in [1.29, 1.82) is 0 Å². The minimum atomic E-state index is -0.228. The summed E-state index contributed by atoms with van der Waals surface area (Å²) in [7, 11) is 0. The van der Waals surface area contributed by atoms with Crippen LogP contribution in [-0.4, -0.2) is 11.0 Å². The van der Waals surface area contributed by atoms with Crippen LogP contribution < -0.4 is 0 Å². The summed E-state index contributed by atoms with van der Waals surface area (Å²) in [5, 5.41) is 9.22. The third kappa shape index (κ3) is 5.35. The molecule has 0 amide bonds.